The lowest BCUT2D eigenvalue weighted by atomic mass is 10.0. The van der Waals surface area contributed by atoms with Crippen molar-refractivity contribution in [3.05, 3.63) is 71.5 Å². The first-order valence-corrected chi connectivity index (χ1v) is 8.73. The third-order valence-electron chi connectivity index (χ3n) is 3.89. The fraction of sp³-hybridized carbons (Fsp3) is 0. The summed E-state index contributed by atoms with van der Waals surface area (Å²) >= 11 is 1.49. The minimum Gasteiger partial charge on any atom is -0.478 e. The second kappa shape index (κ2) is 6.81. The van der Waals surface area contributed by atoms with Crippen molar-refractivity contribution < 1.29 is 9.90 Å². The van der Waals surface area contributed by atoms with Crippen molar-refractivity contribution in [2.24, 2.45) is 0 Å². The average Bonchev–Trinajstić information content (AvgIpc) is 3.30. The molecule has 0 saturated carbocycles. The second-order valence-corrected chi connectivity index (χ2v) is 6.41. The number of carboxylic acids is 1. The van der Waals surface area contributed by atoms with Crippen molar-refractivity contribution in [3.8, 4) is 0 Å². The lowest BCUT2D eigenvalue weighted by molar-refractivity contribution is -0.130. The van der Waals surface area contributed by atoms with E-state index in [0.29, 0.717) is 11.2 Å². The minimum absolute atomic E-state index is 0.218. The number of hydrogen-bond donors (Lipinski definition) is 3. The first-order valence-electron chi connectivity index (χ1n) is 7.85. The number of nitrogens with one attached hydrogen (secondary N) is 2. The van der Waals surface area contributed by atoms with Crippen molar-refractivity contribution in [1.82, 2.24) is 15.0 Å². The molecule has 0 spiro atoms. The fourth-order valence-electron chi connectivity index (χ4n) is 2.74. The summed E-state index contributed by atoms with van der Waals surface area (Å²) in [5, 5.41) is 16.4. The molecule has 4 rings (SSSR count). The van der Waals surface area contributed by atoms with E-state index in [1.165, 1.54) is 11.3 Å². The summed E-state index contributed by atoms with van der Waals surface area (Å²) in [4.78, 5) is 23.4. The third kappa shape index (κ3) is 3.07. The Hall–Kier alpha value is -3.45. The predicted octanol–water partition coefficient (Wildman–Crippen LogP) is 4.39. The largest absolute Gasteiger partial charge is 0.478 e. The van der Waals surface area contributed by atoms with Crippen LogP contribution in [0.4, 0.5) is 10.8 Å². The van der Waals surface area contributed by atoms with Crippen LogP contribution in [0.2, 0.25) is 0 Å². The molecule has 3 aromatic heterocycles. The van der Waals surface area contributed by atoms with Crippen LogP contribution >= 0.6 is 11.3 Å². The van der Waals surface area contributed by atoms with Crippen molar-refractivity contribution >= 4 is 50.8 Å². The molecule has 3 N–H and O–H groups in total. The molecule has 26 heavy (non-hydrogen) atoms. The van der Waals surface area contributed by atoms with Crippen LogP contribution in [-0.4, -0.2) is 26.0 Å². The Morgan fingerprint density at radius 2 is 2.00 bits per heavy atom. The molecular weight excluding hydrogens is 348 g/mol. The predicted molar refractivity (Wildman–Crippen MR) is 103 cm³/mol. The van der Waals surface area contributed by atoms with E-state index in [0.717, 1.165) is 21.8 Å². The third-order valence-corrected chi connectivity index (χ3v) is 4.58. The normalized spacial score (nSPS) is 11.6. The highest BCUT2D eigenvalue weighted by molar-refractivity contribution is 7.13. The van der Waals surface area contributed by atoms with Crippen LogP contribution in [0.1, 0.15) is 11.1 Å². The molecule has 1 aromatic carbocycles. The molecule has 0 aliphatic heterocycles. The van der Waals surface area contributed by atoms with Crippen LogP contribution in [0.15, 0.2) is 60.4 Å². The molecule has 0 aliphatic carbocycles. The van der Waals surface area contributed by atoms with E-state index in [9.17, 15) is 9.90 Å². The Labute approximate surface area is 152 Å². The average molecular weight is 362 g/mol. The number of nitrogens with zero attached hydrogens (tertiary/aromatic N) is 2. The van der Waals surface area contributed by atoms with Gasteiger partial charge in [0.1, 0.15) is 5.65 Å². The first kappa shape index (κ1) is 16.0. The number of anilines is 2. The van der Waals surface area contributed by atoms with Gasteiger partial charge in [-0.2, -0.15) is 0 Å². The lowest BCUT2D eigenvalue weighted by Crippen LogP contribution is -1.99. The number of benzene rings is 1. The highest BCUT2D eigenvalue weighted by Gasteiger charge is 2.14. The molecule has 128 valence electrons. The molecule has 0 unspecified atom stereocenters. The van der Waals surface area contributed by atoms with Gasteiger partial charge in [-0.25, -0.2) is 14.8 Å². The maximum Gasteiger partial charge on any atom is 0.336 e. The lowest BCUT2D eigenvalue weighted by Gasteiger charge is -2.06. The van der Waals surface area contributed by atoms with E-state index in [1.807, 2.05) is 29.6 Å². The van der Waals surface area contributed by atoms with Crippen LogP contribution in [-0.2, 0) is 4.79 Å². The summed E-state index contributed by atoms with van der Waals surface area (Å²) in [7, 11) is 0. The minimum atomic E-state index is -0.983. The Bertz CT molecular complexity index is 1090. The molecule has 0 aliphatic rings. The Balaban J connectivity index is 1.85. The van der Waals surface area contributed by atoms with Gasteiger partial charge in [-0.3, -0.25) is 0 Å². The zero-order valence-corrected chi connectivity index (χ0v) is 14.3. The molecule has 4 aromatic rings. The number of aromatic amines is 1. The van der Waals surface area contributed by atoms with Gasteiger partial charge in [0, 0.05) is 34.9 Å². The number of rotatable bonds is 5. The highest BCUT2D eigenvalue weighted by atomic mass is 32.1. The van der Waals surface area contributed by atoms with Gasteiger partial charge in [0.2, 0.25) is 0 Å². The molecule has 7 heteroatoms. The smallest absolute Gasteiger partial charge is 0.336 e. The van der Waals surface area contributed by atoms with Crippen molar-refractivity contribution in [1.29, 1.82) is 0 Å². The second-order valence-electron chi connectivity index (χ2n) is 5.52. The Morgan fingerprint density at radius 3 is 2.73 bits per heavy atom. The number of fused-ring (bicyclic) bond motifs is 1. The quantitative estimate of drug-likeness (QED) is 0.458. The summed E-state index contributed by atoms with van der Waals surface area (Å²) in [6.45, 7) is 0. The zero-order chi connectivity index (χ0) is 17.9. The molecule has 0 bridgehead atoms. The highest BCUT2D eigenvalue weighted by Crippen LogP contribution is 2.31. The topological polar surface area (TPSA) is 90.9 Å². The standard InChI is InChI=1S/C19H14N4O2S/c24-18(25)14(12-4-2-1-3-5-12)10-13-11-22-17-16(13)15(6-7-20-17)23-19-21-8-9-26-19/h1-11H,(H,24,25)(H2,20,21,22,23)/b14-10-. The van der Waals surface area contributed by atoms with Gasteiger partial charge in [-0.1, -0.05) is 30.3 Å². The van der Waals surface area contributed by atoms with Gasteiger partial charge < -0.3 is 15.4 Å². The maximum atomic E-state index is 11.8. The molecule has 0 saturated heterocycles. The molecule has 3 heterocycles. The van der Waals surface area contributed by atoms with E-state index >= 15 is 0 Å². The summed E-state index contributed by atoms with van der Waals surface area (Å²) in [6.07, 6.45) is 6.83. The van der Waals surface area contributed by atoms with Crippen LogP contribution in [0, 0.1) is 0 Å². The van der Waals surface area contributed by atoms with Gasteiger partial charge in [0.25, 0.3) is 0 Å². The van der Waals surface area contributed by atoms with Crippen molar-refractivity contribution in [3.63, 3.8) is 0 Å². The summed E-state index contributed by atoms with van der Waals surface area (Å²) in [5.74, 6) is -0.983. The number of hydrogen-bond acceptors (Lipinski definition) is 5. The van der Waals surface area contributed by atoms with Gasteiger partial charge in [0.05, 0.1) is 11.3 Å². The number of carbonyl (C=O) groups is 1. The molecule has 6 nitrogen and oxygen atoms in total. The number of H-pyrrole nitrogens is 1. The van der Waals surface area contributed by atoms with Crippen molar-refractivity contribution in [2.75, 3.05) is 5.32 Å². The number of carboxylic acid groups (broad SMARTS) is 1. The van der Waals surface area contributed by atoms with Gasteiger partial charge in [0.15, 0.2) is 5.13 Å². The number of pyridine rings is 1. The van der Waals surface area contributed by atoms with Crippen LogP contribution < -0.4 is 5.32 Å². The van der Waals surface area contributed by atoms with Gasteiger partial charge in [-0.05, 0) is 17.7 Å². The van der Waals surface area contributed by atoms with Gasteiger partial charge >= 0.3 is 5.97 Å². The Kier molecular flexibility index (Phi) is 4.20. The number of aliphatic carboxylic acids is 1. The Morgan fingerprint density at radius 1 is 1.15 bits per heavy atom. The molecule has 0 fully saturated rings. The van der Waals surface area contributed by atoms with Crippen molar-refractivity contribution in [2.45, 2.75) is 0 Å². The van der Waals surface area contributed by atoms with Crippen LogP contribution in [0.25, 0.3) is 22.7 Å². The maximum absolute atomic E-state index is 11.8. The van der Waals surface area contributed by atoms with E-state index < -0.39 is 5.97 Å². The number of thiazole rings is 1. The summed E-state index contributed by atoms with van der Waals surface area (Å²) < 4.78 is 0. The van der Waals surface area contributed by atoms with E-state index in [1.54, 1.807) is 36.8 Å². The molecule has 0 radical (unpaired) electrons. The molecule has 0 amide bonds. The molecule has 0 atom stereocenters. The van der Waals surface area contributed by atoms with E-state index in [2.05, 4.69) is 20.3 Å². The number of aromatic nitrogens is 3. The van der Waals surface area contributed by atoms with Gasteiger partial charge in [-0.15, -0.1) is 11.3 Å². The summed E-state index contributed by atoms with van der Waals surface area (Å²) in [6, 6.07) is 10.9. The summed E-state index contributed by atoms with van der Waals surface area (Å²) in [5.41, 5.74) is 3.10. The fourth-order valence-corrected chi connectivity index (χ4v) is 3.28. The van der Waals surface area contributed by atoms with E-state index in [-0.39, 0.29) is 5.57 Å². The van der Waals surface area contributed by atoms with Crippen LogP contribution in [0.5, 0.6) is 0 Å². The van der Waals surface area contributed by atoms with Crippen LogP contribution in [0.3, 0.4) is 0 Å². The zero-order valence-electron chi connectivity index (χ0n) is 13.5. The van der Waals surface area contributed by atoms with E-state index in [4.69, 9.17) is 0 Å². The molecular formula is C19H14N4O2S. The monoisotopic (exact) mass is 362 g/mol. The first-order chi connectivity index (χ1) is 12.7. The SMILES string of the molecule is O=C(O)/C(=C\c1c[nH]c2nccc(Nc3nccs3)c12)c1ccccc1.